The SMILES string of the molecule is COc1cc(C=NNC(=O)COc2ccc(-c3ccccc3)cc2)ccc1Oc1ccc([N+](=O)[O-])cc1[N+](=O)[O-]. The van der Waals surface area contributed by atoms with Gasteiger partial charge in [0.2, 0.25) is 5.75 Å². The Bertz CT molecular complexity index is 1560. The van der Waals surface area contributed by atoms with Gasteiger partial charge in [0.25, 0.3) is 11.6 Å². The van der Waals surface area contributed by atoms with E-state index in [0.717, 1.165) is 29.3 Å². The van der Waals surface area contributed by atoms with Crippen LogP contribution in [0.5, 0.6) is 23.0 Å². The molecule has 0 spiro atoms. The standard InChI is InChI=1S/C28H22N4O8/c1-38-27-15-19(7-13-26(27)40-25-14-10-22(31(34)35)16-24(25)32(36)37)17-29-30-28(33)18-39-23-11-8-21(9-12-23)20-5-3-2-4-6-20/h2-17H,18H2,1H3,(H,30,33). The predicted octanol–water partition coefficient (Wildman–Crippen LogP) is 5.50. The third-order valence-corrected chi connectivity index (χ3v) is 5.49. The smallest absolute Gasteiger partial charge is 0.318 e. The summed E-state index contributed by atoms with van der Waals surface area (Å²) in [4.78, 5) is 32.9. The fraction of sp³-hybridized carbons (Fsp3) is 0.0714. The zero-order valence-electron chi connectivity index (χ0n) is 21.1. The Labute approximate surface area is 227 Å². The third-order valence-electron chi connectivity index (χ3n) is 5.49. The van der Waals surface area contributed by atoms with Crippen LogP contribution in [0.2, 0.25) is 0 Å². The summed E-state index contributed by atoms with van der Waals surface area (Å²) in [7, 11) is 1.37. The molecule has 12 heteroatoms. The molecular formula is C28H22N4O8. The number of nitro benzene ring substituents is 2. The van der Waals surface area contributed by atoms with Crippen LogP contribution in [0.3, 0.4) is 0 Å². The van der Waals surface area contributed by atoms with Crippen LogP contribution < -0.4 is 19.6 Å². The average molecular weight is 543 g/mol. The number of nitrogens with zero attached hydrogens (tertiary/aromatic N) is 3. The molecule has 4 rings (SSSR count). The molecule has 12 nitrogen and oxygen atoms in total. The lowest BCUT2D eigenvalue weighted by molar-refractivity contribution is -0.394. The van der Waals surface area contributed by atoms with Crippen molar-refractivity contribution in [2.45, 2.75) is 0 Å². The lowest BCUT2D eigenvalue weighted by atomic mass is 10.1. The van der Waals surface area contributed by atoms with Gasteiger partial charge in [-0.25, -0.2) is 5.43 Å². The molecule has 0 fully saturated rings. The average Bonchev–Trinajstić information content (AvgIpc) is 2.97. The van der Waals surface area contributed by atoms with Crippen LogP contribution in [0.15, 0.2) is 96.1 Å². The number of carbonyl (C=O) groups is 1. The van der Waals surface area contributed by atoms with Crippen LogP contribution in [0.25, 0.3) is 11.1 Å². The number of nitrogens with one attached hydrogen (secondary N) is 1. The van der Waals surface area contributed by atoms with Crippen molar-refractivity contribution in [3.8, 4) is 34.1 Å². The maximum Gasteiger partial charge on any atom is 0.318 e. The molecule has 0 radical (unpaired) electrons. The van der Waals surface area contributed by atoms with Gasteiger partial charge < -0.3 is 14.2 Å². The van der Waals surface area contributed by atoms with Gasteiger partial charge in [0.1, 0.15) is 5.75 Å². The molecule has 0 aliphatic carbocycles. The van der Waals surface area contributed by atoms with Gasteiger partial charge in [-0.15, -0.1) is 0 Å². The minimum absolute atomic E-state index is 0.132. The first-order valence-electron chi connectivity index (χ1n) is 11.7. The monoisotopic (exact) mass is 542 g/mol. The molecule has 40 heavy (non-hydrogen) atoms. The summed E-state index contributed by atoms with van der Waals surface area (Å²) >= 11 is 0. The number of amides is 1. The van der Waals surface area contributed by atoms with E-state index in [0.29, 0.717) is 11.3 Å². The molecule has 0 saturated carbocycles. The Morgan fingerprint density at radius 2 is 1.55 bits per heavy atom. The normalized spacial score (nSPS) is 10.6. The number of hydrogen-bond acceptors (Lipinski definition) is 9. The molecule has 202 valence electrons. The number of carbonyl (C=O) groups excluding carboxylic acids is 1. The maximum absolute atomic E-state index is 12.1. The Balaban J connectivity index is 1.34. The van der Waals surface area contributed by atoms with E-state index in [4.69, 9.17) is 14.2 Å². The molecule has 0 aliphatic rings. The molecule has 0 atom stereocenters. The van der Waals surface area contributed by atoms with E-state index in [1.54, 1.807) is 18.2 Å². The minimum atomic E-state index is -0.776. The first-order chi connectivity index (χ1) is 19.3. The van der Waals surface area contributed by atoms with E-state index in [2.05, 4.69) is 10.5 Å². The molecular weight excluding hydrogens is 520 g/mol. The summed E-state index contributed by atoms with van der Waals surface area (Å²) < 4.78 is 16.4. The van der Waals surface area contributed by atoms with Gasteiger partial charge in [-0.1, -0.05) is 42.5 Å². The highest BCUT2D eigenvalue weighted by Crippen LogP contribution is 2.38. The van der Waals surface area contributed by atoms with Crippen molar-refractivity contribution in [3.63, 3.8) is 0 Å². The van der Waals surface area contributed by atoms with Crippen LogP contribution >= 0.6 is 0 Å². The quantitative estimate of drug-likeness (QED) is 0.148. The summed E-state index contributed by atoms with van der Waals surface area (Å²) in [5.74, 6) is 0.211. The van der Waals surface area contributed by atoms with Crippen LogP contribution in [0, 0.1) is 20.2 Å². The second-order valence-electron chi connectivity index (χ2n) is 8.15. The zero-order valence-corrected chi connectivity index (χ0v) is 21.1. The summed E-state index contributed by atoms with van der Waals surface area (Å²) in [5, 5.41) is 26.2. The largest absolute Gasteiger partial charge is 0.493 e. The zero-order chi connectivity index (χ0) is 28.5. The first kappa shape index (κ1) is 27.3. The number of methoxy groups -OCH3 is 1. The van der Waals surface area contributed by atoms with Gasteiger partial charge in [-0.05, 0) is 53.1 Å². The number of nitro groups is 2. The highest BCUT2D eigenvalue weighted by molar-refractivity contribution is 5.83. The molecule has 4 aromatic rings. The van der Waals surface area contributed by atoms with Gasteiger partial charge in [0.05, 0.1) is 29.2 Å². The summed E-state index contributed by atoms with van der Waals surface area (Å²) in [6.45, 7) is -0.244. The lowest BCUT2D eigenvalue weighted by Gasteiger charge is -2.11. The van der Waals surface area contributed by atoms with Crippen molar-refractivity contribution >= 4 is 23.5 Å². The van der Waals surface area contributed by atoms with E-state index in [1.165, 1.54) is 25.5 Å². The van der Waals surface area contributed by atoms with Crippen LogP contribution in [-0.4, -0.2) is 35.7 Å². The summed E-state index contributed by atoms with van der Waals surface area (Å²) in [6.07, 6.45) is 1.37. The Kier molecular flexibility index (Phi) is 8.62. The van der Waals surface area contributed by atoms with Crippen LogP contribution in [0.1, 0.15) is 5.56 Å². The molecule has 1 N–H and O–H groups in total. The molecule has 0 aromatic heterocycles. The highest BCUT2D eigenvalue weighted by atomic mass is 16.6. The van der Waals surface area contributed by atoms with Crippen LogP contribution in [0.4, 0.5) is 11.4 Å². The number of rotatable bonds is 11. The van der Waals surface area contributed by atoms with E-state index in [-0.39, 0.29) is 23.9 Å². The number of ether oxygens (including phenoxy) is 3. The fourth-order valence-corrected chi connectivity index (χ4v) is 3.55. The topological polar surface area (TPSA) is 155 Å². The van der Waals surface area contributed by atoms with Crippen molar-refractivity contribution in [1.29, 1.82) is 0 Å². The highest BCUT2D eigenvalue weighted by Gasteiger charge is 2.22. The van der Waals surface area contributed by atoms with Crippen LogP contribution in [-0.2, 0) is 4.79 Å². The number of hydrazone groups is 1. The Morgan fingerprint density at radius 1 is 0.850 bits per heavy atom. The van der Waals surface area contributed by atoms with Crippen molar-refractivity contribution in [2.24, 2.45) is 5.10 Å². The Morgan fingerprint density at radius 3 is 2.23 bits per heavy atom. The molecule has 1 amide bonds. The number of non-ortho nitro benzene ring substituents is 1. The van der Waals surface area contributed by atoms with E-state index in [1.807, 2.05) is 42.5 Å². The summed E-state index contributed by atoms with van der Waals surface area (Å²) in [5.41, 5.74) is 3.99. The van der Waals surface area contributed by atoms with Gasteiger partial charge in [0.15, 0.2) is 18.1 Å². The molecule has 0 bridgehead atoms. The van der Waals surface area contributed by atoms with Gasteiger partial charge >= 0.3 is 5.69 Å². The molecule has 0 unspecified atom stereocenters. The van der Waals surface area contributed by atoms with Gasteiger partial charge in [0, 0.05) is 6.07 Å². The van der Waals surface area contributed by atoms with Crippen molar-refractivity contribution < 1.29 is 28.9 Å². The third kappa shape index (κ3) is 6.95. The van der Waals surface area contributed by atoms with Crippen molar-refractivity contribution in [2.75, 3.05) is 13.7 Å². The maximum atomic E-state index is 12.1. The van der Waals surface area contributed by atoms with Crippen molar-refractivity contribution in [3.05, 3.63) is 117 Å². The van der Waals surface area contributed by atoms with E-state index >= 15 is 0 Å². The number of benzene rings is 4. The van der Waals surface area contributed by atoms with Gasteiger partial charge in [-0.2, -0.15) is 5.10 Å². The molecule has 0 aliphatic heterocycles. The summed E-state index contributed by atoms with van der Waals surface area (Å²) in [6, 6.07) is 24.9. The fourth-order valence-electron chi connectivity index (χ4n) is 3.55. The van der Waals surface area contributed by atoms with Crippen molar-refractivity contribution in [1.82, 2.24) is 5.43 Å². The molecule has 4 aromatic carbocycles. The van der Waals surface area contributed by atoms with Gasteiger partial charge in [-0.3, -0.25) is 25.0 Å². The second-order valence-corrected chi connectivity index (χ2v) is 8.15. The molecule has 0 heterocycles. The number of hydrogen-bond donors (Lipinski definition) is 1. The Hall–Kier alpha value is -5.78. The second kappa shape index (κ2) is 12.6. The van der Waals surface area contributed by atoms with E-state index in [9.17, 15) is 25.0 Å². The molecule has 0 saturated heterocycles. The van der Waals surface area contributed by atoms with E-state index < -0.39 is 27.1 Å². The predicted molar refractivity (Wildman–Crippen MR) is 146 cm³/mol. The minimum Gasteiger partial charge on any atom is -0.493 e. The first-order valence-corrected chi connectivity index (χ1v) is 11.7. The lowest BCUT2D eigenvalue weighted by Crippen LogP contribution is -2.24.